The monoisotopic (exact) mass is 465 g/mol. The first kappa shape index (κ1) is 21.6. The SMILES string of the molecule is CN(c1cnc(-c2ccc(-c3nnc(C#N)s3)cc2O)nn1)[C@H]1C[C@]2(C)CC[C@@](C)(C2)[C@H]1F. The summed E-state index contributed by atoms with van der Waals surface area (Å²) >= 11 is 1.14. The van der Waals surface area contributed by atoms with Gasteiger partial charge in [0.1, 0.15) is 23.0 Å². The quantitative estimate of drug-likeness (QED) is 0.604. The first-order chi connectivity index (χ1) is 15.7. The molecule has 170 valence electrons. The van der Waals surface area contributed by atoms with Crippen LogP contribution in [0.2, 0.25) is 0 Å². The zero-order chi connectivity index (χ0) is 23.4. The van der Waals surface area contributed by atoms with E-state index in [-0.39, 0.29) is 33.5 Å². The van der Waals surface area contributed by atoms with Gasteiger partial charge in [0.25, 0.3) is 0 Å². The first-order valence-electron chi connectivity index (χ1n) is 10.9. The van der Waals surface area contributed by atoms with Gasteiger partial charge in [-0.05, 0) is 43.2 Å². The fraction of sp³-hybridized carbons (Fsp3) is 0.478. The van der Waals surface area contributed by atoms with Gasteiger partial charge in [-0.1, -0.05) is 31.3 Å². The second-order valence-corrected chi connectivity index (χ2v) is 10.8. The number of benzene rings is 1. The van der Waals surface area contributed by atoms with Crippen LogP contribution in [-0.4, -0.2) is 49.7 Å². The molecule has 2 aliphatic rings. The highest BCUT2D eigenvalue weighted by atomic mass is 32.1. The van der Waals surface area contributed by atoms with Crippen LogP contribution in [0.25, 0.3) is 22.0 Å². The third-order valence-electron chi connectivity index (χ3n) is 7.25. The molecule has 1 N–H and O–H groups in total. The first-order valence-corrected chi connectivity index (χ1v) is 11.7. The molecule has 33 heavy (non-hydrogen) atoms. The lowest BCUT2D eigenvalue weighted by molar-refractivity contribution is 0.0380. The number of nitrogens with zero attached hydrogens (tertiary/aromatic N) is 7. The molecule has 0 aliphatic heterocycles. The highest BCUT2D eigenvalue weighted by Crippen LogP contribution is 2.59. The molecule has 2 saturated carbocycles. The Hall–Kier alpha value is -3.19. The molecule has 1 aromatic carbocycles. The van der Waals surface area contributed by atoms with Gasteiger partial charge in [-0.15, -0.1) is 20.4 Å². The molecule has 0 spiro atoms. The highest BCUT2D eigenvalue weighted by Gasteiger charge is 2.56. The number of halogens is 1. The summed E-state index contributed by atoms with van der Waals surface area (Å²) < 4.78 is 15.5. The van der Waals surface area contributed by atoms with E-state index in [2.05, 4.69) is 39.2 Å². The Morgan fingerprint density at radius 1 is 1.21 bits per heavy atom. The zero-order valence-electron chi connectivity index (χ0n) is 18.7. The topological polar surface area (TPSA) is 112 Å². The van der Waals surface area contributed by atoms with Crippen molar-refractivity contribution >= 4 is 17.2 Å². The Kier molecular flexibility index (Phi) is 5.05. The van der Waals surface area contributed by atoms with Crippen LogP contribution in [0.3, 0.4) is 0 Å². The van der Waals surface area contributed by atoms with E-state index in [9.17, 15) is 5.11 Å². The van der Waals surface area contributed by atoms with Crippen molar-refractivity contribution in [3.8, 4) is 33.8 Å². The summed E-state index contributed by atoms with van der Waals surface area (Å²) in [7, 11) is 1.85. The number of anilines is 1. The molecule has 3 aromatic rings. The summed E-state index contributed by atoms with van der Waals surface area (Å²) in [5.74, 6) is 0.747. The standard InChI is InChI=1S/C23H24FN7OS/c1-22-6-7-23(2,12-22)19(24)15(9-22)31(3)17-11-26-20(29-27-17)14-5-4-13(8-16(14)32)21-30-28-18(10-25)33-21/h4-5,8,11,15,19,32H,6-7,9,12H2,1-3H3/t15-,19-,22-,23-/m0/s1. The molecule has 2 aromatic heterocycles. The molecule has 2 bridgehead atoms. The van der Waals surface area contributed by atoms with E-state index in [0.717, 1.165) is 37.0 Å². The minimum absolute atomic E-state index is 0.0300. The molecule has 0 amide bonds. The van der Waals surface area contributed by atoms with E-state index >= 15 is 4.39 Å². The van der Waals surface area contributed by atoms with E-state index < -0.39 is 6.17 Å². The van der Waals surface area contributed by atoms with Gasteiger partial charge in [-0.2, -0.15) is 5.26 Å². The highest BCUT2D eigenvalue weighted by molar-refractivity contribution is 7.15. The Labute approximate surface area is 195 Å². The summed E-state index contributed by atoms with van der Waals surface area (Å²) in [4.78, 5) is 6.25. The van der Waals surface area contributed by atoms with Gasteiger partial charge in [-0.25, -0.2) is 9.37 Å². The predicted molar refractivity (Wildman–Crippen MR) is 122 cm³/mol. The van der Waals surface area contributed by atoms with Crippen molar-refractivity contribution in [1.82, 2.24) is 25.4 Å². The van der Waals surface area contributed by atoms with Crippen LogP contribution in [0.15, 0.2) is 24.4 Å². The van der Waals surface area contributed by atoms with Crippen LogP contribution in [0.1, 0.15) is 44.5 Å². The molecule has 4 atom stereocenters. The molecular formula is C23H24FN7OS. The maximum Gasteiger partial charge on any atom is 0.218 e. The van der Waals surface area contributed by atoms with Crippen molar-refractivity contribution in [2.75, 3.05) is 11.9 Å². The van der Waals surface area contributed by atoms with Crippen LogP contribution < -0.4 is 4.90 Å². The van der Waals surface area contributed by atoms with Crippen LogP contribution in [0.4, 0.5) is 10.2 Å². The van der Waals surface area contributed by atoms with Gasteiger partial charge < -0.3 is 10.0 Å². The van der Waals surface area contributed by atoms with Gasteiger partial charge in [0.05, 0.1) is 17.8 Å². The van der Waals surface area contributed by atoms with Crippen molar-refractivity contribution in [2.45, 2.75) is 51.7 Å². The van der Waals surface area contributed by atoms with Gasteiger partial charge >= 0.3 is 0 Å². The van der Waals surface area contributed by atoms with Crippen molar-refractivity contribution in [1.29, 1.82) is 5.26 Å². The number of fused-ring (bicyclic) bond motifs is 2. The molecule has 0 unspecified atom stereocenters. The summed E-state index contributed by atoms with van der Waals surface area (Å²) in [5, 5.41) is 36.5. The number of aromatic hydroxyl groups is 1. The maximum absolute atomic E-state index is 15.5. The number of hydrogen-bond acceptors (Lipinski definition) is 9. The molecule has 2 fully saturated rings. The minimum Gasteiger partial charge on any atom is -0.507 e. The number of hydrogen-bond donors (Lipinski definition) is 1. The third kappa shape index (κ3) is 3.70. The lowest BCUT2D eigenvalue weighted by Gasteiger charge is -2.46. The Morgan fingerprint density at radius 2 is 2.03 bits per heavy atom. The van der Waals surface area contributed by atoms with Crippen LogP contribution in [0.5, 0.6) is 5.75 Å². The number of aromatic nitrogens is 5. The number of rotatable bonds is 4. The van der Waals surface area contributed by atoms with Crippen LogP contribution >= 0.6 is 11.3 Å². The smallest absolute Gasteiger partial charge is 0.218 e. The molecule has 10 heteroatoms. The maximum atomic E-state index is 15.5. The number of alkyl halides is 1. The molecule has 0 saturated heterocycles. The number of nitriles is 1. The number of phenolic OH excluding ortho intramolecular Hbond substituents is 1. The van der Waals surface area contributed by atoms with Crippen molar-refractivity contribution in [3.63, 3.8) is 0 Å². The second kappa shape index (κ2) is 7.70. The molecule has 2 heterocycles. The van der Waals surface area contributed by atoms with E-state index in [1.165, 1.54) is 6.07 Å². The Balaban J connectivity index is 1.37. The lowest BCUT2D eigenvalue weighted by Crippen LogP contribution is -2.52. The van der Waals surface area contributed by atoms with E-state index in [1.54, 1.807) is 18.3 Å². The molecule has 5 rings (SSSR count). The molecule has 2 aliphatic carbocycles. The fourth-order valence-corrected chi connectivity index (χ4v) is 6.15. The summed E-state index contributed by atoms with van der Waals surface area (Å²) in [6, 6.07) is 6.65. The predicted octanol–water partition coefficient (Wildman–Crippen LogP) is 4.38. The second-order valence-electron chi connectivity index (χ2n) is 9.82. The molecule has 8 nitrogen and oxygen atoms in total. The van der Waals surface area contributed by atoms with Gasteiger partial charge in [0.2, 0.25) is 5.01 Å². The number of phenols is 1. The molecule has 0 radical (unpaired) electrons. The van der Waals surface area contributed by atoms with Gasteiger partial charge in [0.15, 0.2) is 11.6 Å². The van der Waals surface area contributed by atoms with E-state index in [0.29, 0.717) is 22.0 Å². The average molecular weight is 466 g/mol. The largest absolute Gasteiger partial charge is 0.507 e. The van der Waals surface area contributed by atoms with Crippen molar-refractivity contribution < 1.29 is 9.50 Å². The summed E-state index contributed by atoms with van der Waals surface area (Å²) in [6.45, 7) is 4.32. The van der Waals surface area contributed by atoms with E-state index in [1.807, 2.05) is 18.0 Å². The summed E-state index contributed by atoms with van der Waals surface area (Å²) in [5.41, 5.74) is 0.930. The Morgan fingerprint density at radius 3 is 2.70 bits per heavy atom. The van der Waals surface area contributed by atoms with Gasteiger partial charge in [-0.3, -0.25) is 0 Å². The Bertz CT molecular complexity index is 1240. The molecular weight excluding hydrogens is 441 g/mol. The lowest BCUT2D eigenvalue weighted by atomic mass is 9.67. The van der Waals surface area contributed by atoms with Crippen LogP contribution in [0, 0.1) is 22.2 Å². The fourth-order valence-electron chi connectivity index (χ4n) is 5.52. The van der Waals surface area contributed by atoms with Crippen LogP contribution in [-0.2, 0) is 0 Å². The summed E-state index contributed by atoms with van der Waals surface area (Å²) in [6.07, 6.45) is 4.33. The van der Waals surface area contributed by atoms with Gasteiger partial charge in [0, 0.05) is 18.0 Å². The third-order valence-corrected chi connectivity index (χ3v) is 8.13. The zero-order valence-corrected chi connectivity index (χ0v) is 19.5. The van der Waals surface area contributed by atoms with E-state index in [4.69, 9.17) is 5.26 Å². The van der Waals surface area contributed by atoms with Crippen molar-refractivity contribution in [3.05, 3.63) is 29.4 Å². The normalized spacial score (nSPS) is 28.5. The average Bonchev–Trinajstić information content (AvgIpc) is 3.39. The minimum atomic E-state index is -0.932. The van der Waals surface area contributed by atoms with Crippen molar-refractivity contribution in [2.24, 2.45) is 10.8 Å².